The number of aromatic nitrogens is 5. The number of tetrazole rings is 1. The van der Waals surface area contributed by atoms with Gasteiger partial charge in [0.15, 0.2) is 0 Å². The van der Waals surface area contributed by atoms with Crippen molar-refractivity contribution in [1.29, 1.82) is 0 Å². The number of fused-ring (bicyclic) bond motifs is 2. The number of rotatable bonds is 5. The van der Waals surface area contributed by atoms with Crippen molar-refractivity contribution in [2.45, 2.75) is 95.0 Å². The molecule has 0 spiro atoms. The largest absolute Gasteiger partial charge is 0.479 e. The van der Waals surface area contributed by atoms with Gasteiger partial charge in [-0.15, -0.1) is 10.2 Å². The molecule has 4 heterocycles. The average molecular weight is 671 g/mol. The van der Waals surface area contributed by atoms with Crippen molar-refractivity contribution in [2.24, 2.45) is 5.92 Å². The molecule has 2 fully saturated rings. The van der Waals surface area contributed by atoms with Crippen LogP contribution < -0.4 is 10.6 Å². The van der Waals surface area contributed by atoms with Gasteiger partial charge in [0.1, 0.15) is 23.2 Å². The molecule has 0 bridgehead atoms. The molecule has 1 saturated heterocycles. The Morgan fingerprint density at radius 1 is 1.06 bits per heavy atom. The van der Waals surface area contributed by atoms with Gasteiger partial charge in [-0.25, -0.2) is 9.59 Å². The van der Waals surface area contributed by atoms with E-state index in [1.54, 1.807) is 33.2 Å². The molecule has 2 aliphatic heterocycles. The zero-order valence-electron chi connectivity index (χ0n) is 27.9. The van der Waals surface area contributed by atoms with E-state index in [9.17, 15) is 24.3 Å². The smallest absolute Gasteiger partial charge is 0.408 e. The highest BCUT2D eigenvalue weighted by molar-refractivity contribution is 5.96. The highest BCUT2D eigenvalue weighted by atomic mass is 16.6. The van der Waals surface area contributed by atoms with E-state index >= 15 is 0 Å². The van der Waals surface area contributed by atoms with Gasteiger partial charge < -0.3 is 25.4 Å². The molecule has 5 atom stereocenters. The topological polar surface area (TPSA) is 182 Å². The second-order valence-electron chi connectivity index (χ2n) is 14.0. The van der Waals surface area contributed by atoms with Crippen LogP contribution in [0, 0.1) is 5.92 Å². The Labute approximate surface area is 284 Å². The van der Waals surface area contributed by atoms with Crippen LogP contribution >= 0.6 is 0 Å². The standard InChI is InChI=1S/C35H42N8O6/c1-34(2,3)49-33(48)37-27-15-11-6-4-5-10-14-25-18-35(25,32(46)47)38-30(44)28-17-26(21-42(28)31(27)45)43-40-29(39-41-43)24-16-23(19-36-20-24)22-12-8-7-9-13-22/h7-10,12-14,16,19-20,25-28H,4-6,11,15,17-18,21H2,1-3H3,(H,37,48)(H,38,44)(H,46,47)/b14-10-/t25-,26+,27-,28-,35+/m0/s1. The summed E-state index contributed by atoms with van der Waals surface area (Å²) < 4.78 is 5.47. The third-order valence-electron chi connectivity index (χ3n) is 9.19. The number of alkyl carbamates (subject to hydrolysis) is 1. The summed E-state index contributed by atoms with van der Waals surface area (Å²) in [5.74, 6) is -2.18. The lowest BCUT2D eigenvalue weighted by molar-refractivity contribution is -0.145. The van der Waals surface area contributed by atoms with Crippen molar-refractivity contribution >= 4 is 23.9 Å². The van der Waals surface area contributed by atoms with Gasteiger partial charge in [0.05, 0.1) is 6.04 Å². The predicted octanol–water partition coefficient (Wildman–Crippen LogP) is 3.92. The van der Waals surface area contributed by atoms with Gasteiger partial charge in [-0.1, -0.05) is 55.3 Å². The van der Waals surface area contributed by atoms with Crippen molar-refractivity contribution in [3.05, 3.63) is 60.9 Å². The number of benzene rings is 1. The van der Waals surface area contributed by atoms with Gasteiger partial charge >= 0.3 is 12.1 Å². The Kier molecular flexibility index (Phi) is 9.48. The van der Waals surface area contributed by atoms with Crippen molar-refractivity contribution in [2.75, 3.05) is 6.54 Å². The molecule has 14 nitrogen and oxygen atoms in total. The molecule has 3 aliphatic rings. The molecular weight excluding hydrogens is 628 g/mol. The summed E-state index contributed by atoms with van der Waals surface area (Å²) in [6, 6.07) is 9.14. The Bertz CT molecular complexity index is 1740. The third kappa shape index (κ3) is 7.63. The van der Waals surface area contributed by atoms with Crippen molar-refractivity contribution in [1.82, 2.24) is 40.7 Å². The normalized spacial score (nSPS) is 26.7. The molecule has 3 amide bonds. The number of pyridine rings is 1. The van der Waals surface area contributed by atoms with Gasteiger partial charge in [-0.2, -0.15) is 4.80 Å². The maximum Gasteiger partial charge on any atom is 0.408 e. The van der Waals surface area contributed by atoms with Crippen LogP contribution in [0.3, 0.4) is 0 Å². The van der Waals surface area contributed by atoms with Crippen LogP contribution in [-0.2, 0) is 19.1 Å². The number of nitrogens with zero attached hydrogens (tertiary/aromatic N) is 6. The molecule has 1 saturated carbocycles. The fourth-order valence-corrected chi connectivity index (χ4v) is 6.54. The van der Waals surface area contributed by atoms with Crippen LogP contribution in [0.5, 0.6) is 0 Å². The summed E-state index contributed by atoms with van der Waals surface area (Å²) in [6.07, 6.45) is 10.2. The average Bonchev–Trinajstić information content (AvgIpc) is 3.38. The first kappa shape index (κ1) is 33.7. The monoisotopic (exact) mass is 670 g/mol. The minimum Gasteiger partial charge on any atom is -0.479 e. The van der Waals surface area contributed by atoms with E-state index in [4.69, 9.17) is 4.74 Å². The number of nitrogens with one attached hydrogen (secondary N) is 2. The lowest BCUT2D eigenvalue weighted by Crippen LogP contribution is -2.56. The number of ether oxygens (including phenoxy) is 1. The Balaban J connectivity index is 1.29. The van der Waals surface area contributed by atoms with Crippen molar-refractivity contribution in [3.8, 4) is 22.5 Å². The number of allylic oxidation sites excluding steroid dienone is 1. The second kappa shape index (κ2) is 13.8. The van der Waals surface area contributed by atoms with E-state index in [-0.39, 0.29) is 25.3 Å². The lowest BCUT2D eigenvalue weighted by atomic mass is 10.0. The van der Waals surface area contributed by atoms with E-state index < -0.39 is 53.1 Å². The quantitative estimate of drug-likeness (QED) is 0.337. The van der Waals surface area contributed by atoms with E-state index in [0.717, 1.165) is 30.4 Å². The molecule has 1 aromatic carbocycles. The van der Waals surface area contributed by atoms with E-state index in [1.165, 1.54) is 9.70 Å². The number of carbonyl (C=O) groups is 4. The number of hydrogen-bond donors (Lipinski definition) is 3. The first-order valence-electron chi connectivity index (χ1n) is 16.8. The minimum absolute atomic E-state index is 0.0466. The molecular formula is C35H42N8O6. The summed E-state index contributed by atoms with van der Waals surface area (Å²) in [4.78, 5) is 60.6. The molecule has 3 N–H and O–H groups in total. The number of carbonyl (C=O) groups excluding carboxylic acids is 3. The highest BCUT2D eigenvalue weighted by Crippen LogP contribution is 2.45. The molecule has 14 heteroatoms. The summed E-state index contributed by atoms with van der Waals surface area (Å²) in [6.45, 7) is 5.26. The summed E-state index contributed by atoms with van der Waals surface area (Å²) in [5.41, 5.74) is 0.291. The van der Waals surface area contributed by atoms with Crippen LogP contribution in [0.15, 0.2) is 60.9 Å². The summed E-state index contributed by atoms with van der Waals surface area (Å²) in [5, 5.41) is 28.8. The molecule has 2 aromatic heterocycles. The summed E-state index contributed by atoms with van der Waals surface area (Å²) in [7, 11) is 0. The van der Waals surface area contributed by atoms with Crippen molar-refractivity contribution < 1.29 is 29.0 Å². The molecule has 3 aromatic rings. The number of amides is 3. The second-order valence-corrected chi connectivity index (χ2v) is 14.0. The van der Waals surface area contributed by atoms with Crippen molar-refractivity contribution in [3.63, 3.8) is 0 Å². The van der Waals surface area contributed by atoms with E-state index in [0.29, 0.717) is 24.2 Å². The predicted molar refractivity (Wildman–Crippen MR) is 178 cm³/mol. The highest BCUT2D eigenvalue weighted by Gasteiger charge is 2.61. The molecule has 49 heavy (non-hydrogen) atoms. The summed E-state index contributed by atoms with van der Waals surface area (Å²) >= 11 is 0. The van der Waals surface area contributed by atoms with Gasteiger partial charge in [-0.3, -0.25) is 14.6 Å². The SMILES string of the molecule is CC(C)(C)OC(=O)N[C@H]1CCCCC/C=C\[C@H]2C[C@@]2(C(=O)O)NC(=O)[C@@H]2C[C@@H](n3nnc(-c4cncc(-c5ccccc5)c4)n3)CN2C1=O. The lowest BCUT2D eigenvalue weighted by Gasteiger charge is -2.30. The molecule has 0 unspecified atom stereocenters. The van der Waals surface area contributed by atoms with Crippen LogP contribution in [0.4, 0.5) is 4.79 Å². The van der Waals surface area contributed by atoms with Gasteiger partial charge in [0.25, 0.3) is 0 Å². The number of aliphatic carboxylic acids is 1. The fourth-order valence-electron chi connectivity index (χ4n) is 6.54. The van der Waals surface area contributed by atoms with E-state index in [1.807, 2.05) is 48.6 Å². The Morgan fingerprint density at radius 3 is 2.59 bits per heavy atom. The van der Waals surface area contributed by atoms with E-state index in [2.05, 4.69) is 31.0 Å². The Hall–Kier alpha value is -5.14. The minimum atomic E-state index is -1.44. The maximum atomic E-state index is 14.3. The molecule has 6 rings (SSSR count). The number of hydrogen-bond acceptors (Lipinski definition) is 9. The van der Waals surface area contributed by atoms with Crippen LogP contribution in [-0.4, -0.2) is 88.8 Å². The van der Waals surface area contributed by atoms with Gasteiger partial charge in [0, 0.05) is 42.4 Å². The van der Waals surface area contributed by atoms with Crippen LogP contribution in [0.2, 0.25) is 0 Å². The number of carboxylic acid groups (broad SMARTS) is 1. The van der Waals surface area contributed by atoms with Crippen LogP contribution in [0.1, 0.15) is 71.8 Å². The third-order valence-corrected chi connectivity index (χ3v) is 9.19. The first-order valence-corrected chi connectivity index (χ1v) is 16.8. The molecule has 1 aliphatic carbocycles. The fraction of sp³-hybridized carbons (Fsp3) is 0.486. The van der Waals surface area contributed by atoms with Gasteiger partial charge in [-0.05, 0) is 63.3 Å². The zero-order valence-corrected chi connectivity index (χ0v) is 27.9. The first-order chi connectivity index (χ1) is 23.4. The molecule has 0 radical (unpaired) electrons. The maximum absolute atomic E-state index is 14.3. The molecule has 258 valence electrons. The van der Waals surface area contributed by atoms with Crippen LogP contribution in [0.25, 0.3) is 22.5 Å². The van der Waals surface area contributed by atoms with Gasteiger partial charge in [0.2, 0.25) is 17.6 Å². The Morgan fingerprint density at radius 2 is 1.84 bits per heavy atom. The number of carboxylic acids is 1. The zero-order chi connectivity index (χ0) is 34.8.